The number of nitrogen functional groups attached to an aromatic ring is 1. The highest BCUT2D eigenvalue weighted by Crippen LogP contribution is 2.14. The zero-order valence-electron chi connectivity index (χ0n) is 11.6. The van der Waals surface area contributed by atoms with E-state index in [0.29, 0.717) is 11.9 Å². The molecule has 0 bridgehead atoms. The van der Waals surface area contributed by atoms with Crippen LogP contribution in [-0.4, -0.2) is 17.6 Å². The minimum absolute atomic E-state index is 0.361. The molecule has 1 aromatic carbocycles. The van der Waals surface area contributed by atoms with Crippen molar-refractivity contribution in [1.82, 2.24) is 10.3 Å². The van der Waals surface area contributed by atoms with Gasteiger partial charge in [-0.15, -0.1) is 0 Å². The van der Waals surface area contributed by atoms with Crippen LogP contribution in [0, 0.1) is 0 Å². The average Bonchev–Trinajstić information content (AvgIpc) is 2.39. The van der Waals surface area contributed by atoms with Crippen LogP contribution in [-0.2, 0) is 12.8 Å². The second-order valence-corrected chi connectivity index (χ2v) is 5.32. The summed E-state index contributed by atoms with van der Waals surface area (Å²) in [5.41, 5.74) is 8.17. The number of aromatic nitrogens is 1. The molecule has 3 N–H and O–H groups in total. The number of pyridine rings is 1. The molecule has 0 fully saturated rings. The molecule has 0 aliphatic heterocycles. The van der Waals surface area contributed by atoms with Crippen LogP contribution in [0.5, 0.6) is 0 Å². The molecule has 1 atom stereocenters. The van der Waals surface area contributed by atoms with Crippen molar-refractivity contribution in [2.75, 3.05) is 12.3 Å². The molecule has 0 saturated carbocycles. The summed E-state index contributed by atoms with van der Waals surface area (Å²) in [6, 6.07) is 12.3. The third-order valence-electron chi connectivity index (χ3n) is 3.19. The largest absolute Gasteiger partial charge is 0.384 e. The normalized spacial score (nSPS) is 12.3. The van der Waals surface area contributed by atoms with Crippen LogP contribution in [0.1, 0.15) is 18.1 Å². The SMILES string of the molecule is CCNC(Cc1cccc(Cl)c1)Cc1ccnc(N)c1. The topological polar surface area (TPSA) is 50.9 Å². The Bertz CT molecular complexity index is 509. The first-order valence-electron chi connectivity index (χ1n) is 6.85. The van der Waals surface area contributed by atoms with Crippen molar-refractivity contribution in [2.45, 2.75) is 25.8 Å². The van der Waals surface area contributed by atoms with E-state index in [9.17, 15) is 0 Å². The van der Waals surface area contributed by atoms with E-state index in [4.69, 9.17) is 17.3 Å². The van der Waals surface area contributed by atoms with E-state index in [0.717, 1.165) is 24.4 Å². The number of hydrogen-bond donors (Lipinski definition) is 2. The number of anilines is 1. The van der Waals surface area contributed by atoms with Crippen molar-refractivity contribution in [3.05, 3.63) is 58.7 Å². The fourth-order valence-electron chi connectivity index (χ4n) is 2.36. The van der Waals surface area contributed by atoms with Gasteiger partial charge >= 0.3 is 0 Å². The molecule has 0 aliphatic carbocycles. The molecular formula is C16H20ClN3. The predicted molar refractivity (Wildman–Crippen MR) is 85.0 cm³/mol. The Balaban J connectivity index is 2.07. The van der Waals surface area contributed by atoms with Gasteiger partial charge in [-0.3, -0.25) is 0 Å². The Morgan fingerprint density at radius 2 is 1.95 bits per heavy atom. The van der Waals surface area contributed by atoms with Crippen LogP contribution in [0.3, 0.4) is 0 Å². The smallest absolute Gasteiger partial charge is 0.123 e. The molecule has 20 heavy (non-hydrogen) atoms. The van der Waals surface area contributed by atoms with E-state index < -0.39 is 0 Å². The standard InChI is InChI=1S/C16H20ClN3/c1-2-19-15(9-12-4-3-5-14(17)8-12)10-13-6-7-20-16(18)11-13/h3-8,11,15,19H,2,9-10H2,1H3,(H2,18,20). The van der Waals surface area contributed by atoms with Gasteiger partial charge in [-0.2, -0.15) is 0 Å². The second-order valence-electron chi connectivity index (χ2n) is 4.88. The van der Waals surface area contributed by atoms with Gasteiger partial charge < -0.3 is 11.1 Å². The van der Waals surface area contributed by atoms with Gasteiger partial charge in [0, 0.05) is 17.3 Å². The molecule has 0 radical (unpaired) electrons. The summed E-state index contributed by atoms with van der Waals surface area (Å²) in [5, 5.41) is 4.30. The molecular weight excluding hydrogens is 270 g/mol. The molecule has 0 spiro atoms. The van der Waals surface area contributed by atoms with Crippen molar-refractivity contribution in [3.63, 3.8) is 0 Å². The maximum Gasteiger partial charge on any atom is 0.123 e. The summed E-state index contributed by atoms with van der Waals surface area (Å²) in [7, 11) is 0. The van der Waals surface area contributed by atoms with Crippen LogP contribution in [0.15, 0.2) is 42.6 Å². The summed E-state index contributed by atoms with van der Waals surface area (Å²) >= 11 is 6.04. The van der Waals surface area contributed by atoms with Gasteiger partial charge in [0.15, 0.2) is 0 Å². The van der Waals surface area contributed by atoms with Gasteiger partial charge in [0.05, 0.1) is 0 Å². The molecule has 4 heteroatoms. The molecule has 0 amide bonds. The number of nitrogens with zero attached hydrogens (tertiary/aromatic N) is 1. The van der Waals surface area contributed by atoms with E-state index in [1.54, 1.807) is 6.20 Å². The number of nitrogens with one attached hydrogen (secondary N) is 1. The molecule has 3 nitrogen and oxygen atoms in total. The van der Waals surface area contributed by atoms with E-state index in [-0.39, 0.29) is 0 Å². The fraction of sp³-hybridized carbons (Fsp3) is 0.312. The molecule has 1 heterocycles. The van der Waals surface area contributed by atoms with E-state index in [2.05, 4.69) is 23.3 Å². The molecule has 1 unspecified atom stereocenters. The summed E-state index contributed by atoms with van der Waals surface area (Å²) in [6.45, 7) is 3.05. The Kier molecular flexibility index (Phi) is 5.39. The minimum atomic E-state index is 0.361. The summed E-state index contributed by atoms with van der Waals surface area (Å²) in [6.07, 6.45) is 3.62. The monoisotopic (exact) mass is 289 g/mol. The number of rotatable bonds is 6. The number of nitrogens with two attached hydrogens (primary N) is 1. The first-order chi connectivity index (χ1) is 9.67. The molecule has 0 aliphatic rings. The van der Waals surface area contributed by atoms with E-state index in [1.807, 2.05) is 30.3 Å². The van der Waals surface area contributed by atoms with E-state index >= 15 is 0 Å². The lowest BCUT2D eigenvalue weighted by molar-refractivity contribution is 0.521. The van der Waals surface area contributed by atoms with Crippen molar-refractivity contribution in [2.24, 2.45) is 0 Å². The Morgan fingerprint density at radius 3 is 2.60 bits per heavy atom. The van der Waals surface area contributed by atoms with Crippen LogP contribution < -0.4 is 11.1 Å². The minimum Gasteiger partial charge on any atom is -0.384 e. The molecule has 106 valence electrons. The van der Waals surface area contributed by atoms with Crippen LogP contribution in [0.4, 0.5) is 5.82 Å². The number of benzene rings is 1. The van der Waals surface area contributed by atoms with Gasteiger partial charge in [0.2, 0.25) is 0 Å². The molecule has 2 aromatic rings. The lowest BCUT2D eigenvalue weighted by Crippen LogP contribution is -2.33. The van der Waals surface area contributed by atoms with Crippen LogP contribution >= 0.6 is 11.6 Å². The van der Waals surface area contributed by atoms with Crippen molar-refractivity contribution in [3.8, 4) is 0 Å². The van der Waals surface area contributed by atoms with E-state index in [1.165, 1.54) is 11.1 Å². The highest BCUT2D eigenvalue weighted by molar-refractivity contribution is 6.30. The number of likely N-dealkylation sites (N-methyl/N-ethyl adjacent to an activating group) is 1. The van der Waals surface area contributed by atoms with Gasteiger partial charge in [-0.25, -0.2) is 4.98 Å². The fourth-order valence-corrected chi connectivity index (χ4v) is 2.57. The molecule has 2 rings (SSSR count). The Hall–Kier alpha value is -1.58. The quantitative estimate of drug-likeness (QED) is 0.859. The summed E-state index contributed by atoms with van der Waals surface area (Å²) in [5.74, 6) is 0.570. The summed E-state index contributed by atoms with van der Waals surface area (Å²) < 4.78 is 0. The van der Waals surface area contributed by atoms with Gasteiger partial charge in [0.25, 0.3) is 0 Å². The Labute approximate surface area is 125 Å². The first-order valence-corrected chi connectivity index (χ1v) is 7.23. The van der Waals surface area contributed by atoms with Crippen LogP contribution in [0.25, 0.3) is 0 Å². The van der Waals surface area contributed by atoms with Gasteiger partial charge in [-0.05, 0) is 54.8 Å². The predicted octanol–water partition coefficient (Wildman–Crippen LogP) is 3.08. The first kappa shape index (κ1) is 14.8. The van der Waals surface area contributed by atoms with Crippen molar-refractivity contribution in [1.29, 1.82) is 0 Å². The number of halogens is 1. The number of hydrogen-bond acceptors (Lipinski definition) is 3. The van der Waals surface area contributed by atoms with Gasteiger partial charge in [-0.1, -0.05) is 30.7 Å². The second kappa shape index (κ2) is 7.27. The zero-order valence-corrected chi connectivity index (χ0v) is 12.4. The highest BCUT2D eigenvalue weighted by Gasteiger charge is 2.10. The van der Waals surface area contributed by atoms with Crippen LogP contribution in [0.2, 0.25) is 5.02 Å². The van der Waals surface area contributed by atoms with Crippen molar-refractivity contribution < 1.29 is 0 Å². The van der Waals surface area contributed by atoms with Gasteiger partial charge in [0.1, 0.15) is 5.82 Å². The Morgan fingerprint density at radius 1 is 1.20 bits per heavy atom. The third-order valence-corrected chi connectivity index (χ3v) is 3.43. The maximum atomic E-state index is 6.04. The summed E-state index contributed by atoms with van der Waals surface area (Å²) in [4.78, 5) is 4.03. The lowest BCUT2D eigenvalue weighted by atomic mass is 9.99. The molecule has 1 aromatic heterocycles. The average molecular weight is 290 g/mol. The van der Waals surface area contributed by atoms with Crippen molar-refractivity contribution >= 4 is 17.4 Å². The zero-order chi connectivity index (χ0) is 14.4. The third kappa shape index (κ3) is 4.51. The molecule has 0 saturated heterocycles. The highest BCUT2D eigenvalue weighted by atomic mass is 35.5. The maximum absolute atomic E-state index is 6.04. The lowest BCUT2D eigenvalue weighted by Gasteiger charge is -2.18.